The molecule has 30 heavy (non-hydrogen) atoms. The highest BCUT2D eigenvalue weighted by Crippen LogP contribution is 2.31. The highest BCUT2D eigenvalue weighted by atomic mass is 32.2. The van der Waals surface area contributed by atoms with Crippen LogP contribution in [0.1, 0.15) is 24.5 Å². The van der Waals surface area contributed by atoms with Crippen LogP contribution in [0.3, 0.4) is 0 Å². The second kappa shape index (κ2) is 9.61. The predicted octanol–water partition coefficient (Wildman–Crippen LogP) is 6.24. The topological polar surface area (TPSA) is 6.48 Å². The lowest BCUT2D eigenvalue weighted by molar-refractivity contribution is 0.327. The number of nitrogens with zero attached hydrogens (tertiary/aromatic N) is 2. The minimum absolute atomic E-state index is 1.04. The van der Waals surface area contributed by atoms with Crippen molar-refractivity contribution in [2.45, 2.75) is 31.6 Å². The molecule has 0 N–H and O–H groups in total. The van der Waals surface area contributed by atoms with Gasteiger partial charge >= 0.3 is 0 Å². The Bertz CT molecular complexity index is 947. The maximum Gasteiger partial charge on any atom is 0.0370 e. The number of rotatable bonds is 7. The molecule has 156 valence electrons. The van der Waals surface area contributed by atoms with Gasteiger partial charge < -0.3 is 9.80 Å². The van der Waals surface area contributed by atoms with Gasteiger partial charge in [-0.2, -0.15) is 0 Å². The number of piperazine rings is 1. The molecule has 0 spiro atoms. The zero-order valence-corrected chi connectivity index (χ0v) is 19.0. The van der Waals surface area contributed by atoms with Gasteiger partial charge in [-0.1, -0.05) is 61.1 Å². The van der Waals surface area contributed by atoms with Gasteiger partial charge in [0, 0.05) is 48.2 Å². The van der Waals surface area contributed by atoms with Gasteiger partial charge in [-0.15, -0.1) is 11.8 Å². The average Bonchev–Trinajstić information content (AvgIpc) is 3.27. The summed E-state index contributed by atoms with van der Waals surface area (Å²) in [5.41, 5.74) is 8.18. The SMILES string of the molecule is C=C(C1=CC=C(CSc2ccc(C)cc2)C1)N1CCN(c2cccc(CC)c2)CC1. The van der Waals surface area contributed by atoms with Gasteiger partial charge in [-0.05, 0) is 55.2 Å². The fourth-order valence-electron chi connectivity index (χ4n) is 4.10. The smallest absolute Gasteiger partial charge is 0.0370 e. The summed E-state index contributed by atoms with van der Waals surface area (Å²) in [7, 11) is 0. The monoisotopic (exact) mass is 416 g/mol. The van der Waals surface area contributed by atoms with Gasteiger partial charge in [0.05, 0.1) is 0 Å². The zero-order valence-electron chi connectivity index (χ0n) is 18.2. The predicted molar refractivity (Wildman–Crippen MR) is 131 cm³/mol. The van der Waals surface area contributed by atoms with Gasteiger partial charge in [0.15, 0.2) is 0 Å². The molecule has 2 aliphatic rings. The Labute approximate surface area is 186 Å². The quantitative estimate of drug-likeness (QED) is 0.493. The van der Waals surface area contributed by atoms with Crippen LogP contribution in [0.2, 0.25) is 0 Å². The largest absolute Gasteiger partial charge is 0.368 e. The van der Waals surface area contributed by atoms with Crippen LogP contribution in [0.5, 0.6) is 0 Å². The highest BCUT2D eigenvalue weighted by molar-refractivity contribution is 7.99. The van der Waals surface area contributed by atoms with E-state index in [2.05, 4.69) is 90.9 Å². The van der Waals surface area contributed by atoms with Crippen molar-refractivity contribution >= 4 is 17.4 Å². The summed E-state index contributed by atoms with van der Waals surface area (Å²) in [5.74, 6) is 1.05. The van der Waals surface area contributed by atoms with E-state index >= 15 is 0 Å². The highest BCUT2D eigenvalue weighted by Gasteiger charge is 2.21. The van der Waals surface area contributed by atoms with Gasteiger partial charge in [0.2, 0.25) is 0 Å². The van der Waals surface area contributed by atoms with Crippen molar-refractivity contribution in [1.29, 1.82) is 0 Å². The summed E-state index contributed by atoms with van der Waals surface area (Å²) >= 11 is 1.93. The summed E-state index contributed by atoms with van der Waals surface area (Å²) in [6, 6.07) is 17.8. The molecule has 0 bridgehead atoms. The number of aryl methyl sites for hydroxylation is 2. The molecular weight excluding hydrogens is 384 g/mol. The van der Waals surface area contributed by atoms with E-state index in [1.54, 1.807) is 0 Å². The van der Waals surface area contributed by atoms with E-state index in [1.807, 2.05) is 11.8 Å². The van der Waals surface area contributed by atoms with Crippen LogP contribution >= 0.6 is 11.8 Å². The fourth-order valence-corrected chi connectivity index (χ4v) is 4.98. The molecule has 2 aromatic rings. The Kier molecular flexibility index (Phi) is 6.69. The number of hydrogen-bond donors (Lipinski definition) is 0. The molecule has 1 heterocycles. The number of hydrogen-bond acceptors (Lipinski definition) is 3. The zero-order chi connectivity index (χ0) is 20.9. The van der Waals surface area contributed by atoms with Gasteiger partial charge in [0.25, 0.3) is 0 Å². The first-order chi connectivity index (χ1) is 14.6. The molecule has 0 radical (unpaired) electrons. The molecule has 1 fully saturated rings. The summed E-state index contributed by atoms with van der Waals surface area (Å²) in [6.07, 6.45) is 6.71. The minimum Gasteiger partial charge on any atom is -0.368 e. The van der Waals surface area contributed by atoms with E-state index in [1.165, 1.54) is 38.6 Å². The molecule has 0 saturated carbocycles. The fraction of sp³-hybridized carbons (Fsp3) is 0.333. The number of allylic oxidation sites excluding steroid dienone is 3. The number of thioether (sulfide) groups is 1. The third-order valence-corrected chi connectivity index (χ3v) is 7.22. The second-order valence-corrected chi connectivity index (χ2v) is 9.29. The van der Waals surface area contributed by atoms with Crippen LogP contribution in [-0.4, -0.2) is 36.8 Å². The van der Waals surface area contributed by atoms with E-state index in [9.17, 15) is 0 Å². The molecule has 1 saturated heterocycles. The first-order valence-corrected chi connectivity index (χ1v) is 12.0. The van der Waals surface area contributed by atoms with E-state index in [0.29, 0.717) is 0 Å². The lowest BCUT2D eigenvalue weighted by Gasteiger charge is -2.38. The van der Waals surface area contributed by atoms with E-state index < -0.39 is 0 Å². The van der Waals surface area contributed by atoms with Crippen LogP contribution in [0.25, 0.3) is 0 Å². The summed E-state index contributed by atoms with van der Waals surface area (Å²) < 4.78 is 0. The third-order valence-electron chi connectivity index (χ3n) is 6.10. The molecule has 1 aliphatic carbocycles. The molecule has 0 unspecified atom stereocenters. The van der Waals surface area contributed by atoms with Crippen molar-refractivity contribution in [3.05, 3.63) is 95.2 Å². The van der Waals surface area contributed by atoms with Crippen molar-refractivity contribution in [3.63, 3.8) is 0 Å². The molecular formula is C27H32N2S. The van der Waals surface area contributed by atoms with Crippen molar-refractivity contribution < 1.29 is 0 Å². The Balaban J connectivity index is 1.25. The van der Waals surface area contributed by atoms with Crippen molar-refractivity contribution in [1.82, 2.24) is 4.90 Å². The number of benzene rings is 2. The van der Waals surface area contributed by atoms with Gasteiger partial charge in [0.1, 0.15) is 0 Å². The molecule has 2 aromatic carbocycles. The first kappa shape index (κ1) is 20.9. The van der Waals surface area contributed by atoms with Crippen LogP contribution in [0.15, 0.2) is 89.0 Å². The first-order valence-electron chi connectivity index (χ1n) is 11.0. The van der Waals surface area contributed by atoms with Crippen molar-refractivity contribution in [2.24, 2.45) is 0 Å². The Morgan fingerprint density at radius 3 is 2.50 bits per heavy atom. The van der Waals surface area contributed by atoms with E-state index in [4.69, 9.17) is 0 Å². The van der Waals surface area contributed by atoms with Gasteiger partial charge in [-0.25, -0.2) is 0 Å². The van der Waals surface area contributed by atoms with Crippen molar-refractivity contribution in [3.8, 4) is 0 Å². The molecule has 2 nitrogen and oxygen atoms in total. The standard InChI is InChI=1S/C27H32N2S/c1-4-23-6-5-7-26(19-23)29-16-14-28(15-17-29)22(3)25-11-10-24(18-25)20-30-27-12-8-21(2)9-13-27/h5-13,19H,3-4,14-18,20H2,1-2H3. The van der Waals surface area contributed by atoms with E-state index in [-0.39, 0.29) is 0 Å². The Hall–Kier alpha value is -2.39. The van der Waals surface area contributed by atoms with Gasteiger partial charge in [-0.3, -0.25) is 0 Å². The molecule has 3 heteroatoms. The van der Waals surface area contributed by atoms with Crippen LogP contribution in [0.4, 0.5) is 5.69 Å². The van der Waals surface area contributed by atoms with Crippen LogP contribution in [0, 0.1) is 6.92 Å². The van der Waals surface area contributed by atoms with Crippen molar-refractivity contribution in [2.75, 3.05) is 36.8 Å². The lowest BCUT2D eigenvalue weighted by Crippen LogP contribution is -2.46. The Morgan fingerprint density at radius 2 is 1.77 bits per heavy atom. The maximum absolute atomic E-state index is 4.45. The van der Waals surface area contributed by atoms with Crippen LogP contribution in [-0.2, 0) is 6.42 Å². The summed E-state index contributed by atoms with van der Waals surface area (Å²) in [4.78, 5) is 6.32. The maximum atomic E-state index is 4.45. The molecule has 1 aliphatic heterocycles. The van der Waals surface area contributed by atoms with E-state index in [0.717, 1.165) is 44.8 Å². The normalized spacial score (nSPS) is 16.5. The summed E-state index contributed by atoms with van der Waals surface area (Å²) in [5, 5.41) is 0. The second-order valence-electron chi connectivity index (χ2n) is 8.24. The number of anilines is 1. The summed E-state index contributed by atoms with van der Waals surface area (Å²) in [6.45, 7) is 13.0. The minimum atomic E-state index is 1.04. The lowest BCUT2D eigenvalue weighted by atomic mass is 10.1. The Morgan fingerprint density at radius 1 is 1.00 bits per heavy atom. The van der Waals surface area contributed by atoms with Crippen LogP contribution < -0.4 is 4.90 Å². The molecule has 0 atom stereocenters. The molecule has 4 rings (SSSR count). The molecule has 0 aromatic heterocycles. The molecule has 0 amide bonds. The third kappa shape index (κ3) is 5.02. The average molecular weight is 417 g/mol.